The molecule has 100 valence electrons. The number of nitrogens with zero attached hydrogens (tertiary/aromatic N) is 2. The van der Waals surface area contributed by atoms with E-state index in [1.54, 1.807) is 6.07 Å². The minimum absolute atomic E-state index is 0.361. The van der Waals surface area contributed by atoms with Gasteiger partial charge in [-0.05, 0) is 38.7 Å². The quantitative estimate of drug-likeness (QED) is 0.696. The molecule has 0 aromatic heterocycles. The van der Waals surface area contributed by atoms with Crippen LogP contribution >= 0.6 is 0 Å². The van der Waals surface area contributed by atoms with Crippen LogP contribution in [0.25, 0.3) is 0 Å². The van der Waals surface area contributed by atoms with Crippen LogP contribution in [0.15, 0.2) is 18.2 Å². The molecule has 0 amide bonds. The second-order valence-electron chi connectivity index (χ2n) is 4.65. The van der Waals surface area contributed by atoms with Gasteiger partial charge in [0.15, 0.2) is 0 Å². The van der Waals surface area contributed by atoms with Crippen molar-refractivity contribution in [1.29, 1.82) is 0 Å². The molecule has 0 spiro atoms. The van der Waals surface area contributed by atoms with Gasteiger partial charge in [-0.2, -0.15) is 0 Å². The third kappa shape index (κ3) is 4.45. The summed E-state index contributed by atoms with van der Waals surface area (Å²) in [7, 11) is 4.01. The van der Waals surface area contributed by atoms with Crippen LogP contribution in [0.2, 0.25) is 0 Å². The number of carbonyl (C=O) groups excluding carboxylic acids is 1. The average molecular weight is 252 g/mol. The van der Waals surface area contributed by atoms with E-state index in [1.165, 1.54) is 12.1 Å². The summed E-state index contributed by atoms with van der Waals surface area (Å²) < 4.78 is 13.4. The predicted octanol–water partition coefficient (Wildman–Crippen LogP) is 2.42. The first kappa shape index (κ1) is 14.6. The molecular formula is C14H21FN2O. The van der Waals surface area contributed by atoms with Crippen molar-refractivity contribution in [2.75, 3.05) is 38.6 Å². The van der Waals surface area contributed by atoms with Gasteiger partial charge in [-0.15, -0.1) is 0 Å². The number of hydrogen-bond donors (Lipinski definition) is 0. The number of likely N-dealkylation sites (N-methyl/N-ethyl adjacent to an activating group) is 1. The monoisotopic (exact) mass is 252 g/mol. The molecule has 0 bridgehead atoms. The third-order valence-electron chi connectivity index (χ3n) is 2.72. The summed E-state index contributed by atoms with van der Waals surface area (Å²) in [5.41, 5.74) is 1.16. The maximum Gasteiger partial charge on any atom is 0.150 e. The Morgan fingerprint density at radius 3 is 2.44 bits per heavy atom. The summed E-state index contributed by atoms with van der Waals surface area (Å²) in [5, 5.41) is 0. The van der Waals surface area contributed by atoms with Crippen LogP contribution in [0.4, 0.5) is 10.1 Å². The molecule has 0 unspecified atom stereocenters. The van der Waals surface area contributed by atoms with Gasteiger partial charge in [0, 0.05) is 30.9 Å². The minimum atomic E-state index is -0.361. The normalized spacial score (nSPS) is 10.7. The molecular weight excluding hydrogens is 231 g/mol. The standard InChI is InChI=1S/C14H21FN2O/c1-4-5-17(7-6-16(2)3)14-9-12(11-18)8-13(15)10-14/h8-11H,4-7H2,1-3H3. The smallest absolute Gasteiger partial charge is 0.150 e. The molecule has 1 rings (SSSR count). The zero-order valence-corrected chi connectivity index (χ0v) is 11.3. The Hall–Kier alpha value is -1.42. The zero-order valence-electron chi connectivity index (χ0n) is 11.3. The van der Waals surface area contributed by atoms with Gasteiger partial charge in [-0.1, -0.05) is 6.92 Å². The molecule has 0 saturated carbocycles. The van der Waals surface area contributed by atoms with Crippen molar-refractivity contribution in [3.05, 3.63) is 29.6 Å². The Morgan fingerprint density at radius 2 is 1.89 bits per heavy atom. The number of carbonyl (C=O) groups is 1. The van der Waals surface area contributed by atoms with Crippen LogP contribution < -0.4 is 4.90 Å². The minimum Gasteiger partial charge on any atom is -0.370 e. The highest BCUT2D eigenvalue weighted by Crippen LogP contribution is 2.18. The van der Waals surface area contributed by atoms with E-state index in [1.807, 2.05) is 14.1 Å². The molecule has 0 fully saturated rings. The van der Waals surface area contributed by atoms with Gasteiger partial charge in [-0.3, -0.25) is 4.79 Å². The van der Waals surface area contributed by atoms with Crippen molar-refractivity contribution in [3.8, 4) is 0 Å². The lowest BCUT2D eigenvalue weighted by Gasteiger charge is -2.26. The van der Waals surface area contributed by atoms with E-state index < -0.39 is 0 Å². The molecule has 0 aliphatic carbocycles. The predicted molar refractivity (Wildman–Crippen MR) is 72.8 cm³/mol. The van der Waals surface area contributed by atoms with E-state index in [2.05, 4.69) is 16.7 Å². The van der Waals surface area contributed by atoms with Crippen molar-refractivity contribution >= 4 is 12.0 Å². The number of halogens is 1. The van der Waals surface area contributed by atoms with E-state index in [0.29, 0.717) is 11.8 Å². The summed E-state index contributed by atoms with van der Waals surface area (Å²) in [5.74, 6) is -0.361. The summed E-state index contributed by atoms with van der Waals surface area (Å²) >= 11 is 0. The van der Waals surface area contributed by atoms with Gasteiger partial charge in [0.2, 0.25) is 0 Å². The number of rotatable bonds is 7. The molecule has 0 aliphatic heterocycles. The van der Waals surface area contributed by atoms with Crippen molar-refractivity contribution in [2.24, 2.45) is 0 Å². The number of hydrogen-bond acceptors (Lipinski definition) is 3. The Balaban J connectivity index is 2.89. The summed E-state index contributed by atoms with van der Waals surface area (Å²) in [4.78, 5) is 15.0. The van der Waals surface area contributed by atoms with Crippen molar-refractivity contribution in [3.63, 3.8) is 0 Å². The summed E-state index contributed by atoms with van der Waals surface area (Å²) in [6.45, 7) is 4.66. The van der Waals surface area contributed by atoms with Gasteiger partial charge >= 0.3 is 0 Å². The SMILES string of the molecule is CCCN(CCN(C)C)c1cc(F)cc(C=O)c1. The van der Waals surface area contributed by atoms with Gasteiger partial charge in [0.1, 0.15) is 12.1 Å². The Kier molecular flexibility index (Phi) is 5.78. The van der Waals surface area contributed by atoms with Crippen LogP contribution in [0.5, 0.6) is 0 Å². The van der Waals surface area contributed by atoms with Crippen LogP contribution in [-0.4, -0.2) is 44.9 Å². The lowest BCUT2D eigenvalue weighted by Crippen LogP contribution is -2.32. The van der Waals surface area contributed by atoms with E-state index in [0.717, 1.165) is 31.7 Å². The molecule has 4 heteroatoms. The van der Waals surface area contributed by atoms with Crippen LogP contribution in [0.1, 0.15) is 23.7 Å². The number of aldehydes is 1. The fourth-order valence-corrected chi connectivity index (χ4v) is 1.81. The molecule has 0 heterocycles. The van der Waals surface area contributed by atoms with E-state index >= 15 is 0 Å². The van der Waals surface area contributed by atoms with Crippen LogP contribution in [0.3, 0.4) is 0 Å². The van der Waals surface area contributed by atoms with Gasteiger partial charge < -0.3 is 9.80 Å². The highest BCUT2D eigenvalue weighted by molar-refractivity contribution is 5.77. The lowest BCUT2D eigenvalue weighted by atomic mass is 10.2. The highest BCUT2D eigenvalue weighted by Gasteiger charge is 2.08. The van der Waals surface area contributed by atoms with Crippen LogP contribution in [0, 0.1) is 5.82 Å². The van der Waals surface area contributed by atoms with Crippen LogP contribution in [-0.2, 0) is 0 Å². The number of benzene rings is 1. The molecule has 0 saturated heterocycles. The first-order chi connectivity index (χ1) is 8.56. The second kappa shape index (κ2) is 7.11. The summed E-state index contributed by atoms with van der Waals surface area (Å²) in [6.07, 6.45) is 1.67. The second-order valence-corrected chi connectivity index (χ2v) is 4.65. The van der Waals surface area contributed by atoms with Crippen molar-refractivity contribution < 1.29 is 9.18 Å². The van der Waals surface area contributed by atoms with Crippen molar-refractivity contribution in [1.82, 2.24) is 4.90 Å². The largest absolute Gasteiger partial charge is 0.370 e. The highest BCUT2D eigenvalue weighted by atomic mass is 19.1. The first-order valence-corrected chi connectivity index (χ1v) is 6.22. The van der Waals surface area contributed by atoms with Gasteiger partial charge in [0.05, 0.1) is 0 Å². The third-order valence-corrected chi connectivity index (χ3v) is 2.72. The molecule has 0 atom stereocenters. The fourth-order valence-electron chi connectivity index (χ4n) is 1.81. The molecule has 1 aromatic carbocycles. The fraction of sp³-hybridized carbons (Fsp3) is 0.500. The van der Waals surface area contributed by atoms with E-state index in [4.69, 9.17) is 0 Å². The maximum absolute atomic E-state index is 13.4. The Bertz CT molecular complexity index is 393. The Labute approximate surface area is 108 Å². The molecule has 18 heavy (non-hydrogen) atoms. The van der Waals surface area contributed by atoms with Gasteiger partial charge in [0.25, 0.3) is 0 Å². The molecule has 0 radical (unpaired) electrons. The molecule has 1 aromatic rings. The Morgan fingerprint density at radius 1 is 1.17 bits per heavy atom. The topological polar surface area (TPSA) is 23.6 Å². The lowest BCUT2D eigenvalue weighted by molar-refractivity contribution is 0.112. The molecule has 3 nitrogen and oxygen atoms in total. The summed E-state index contributed by atoms with van der Waals surface area (Å²) in [6, 6.07) is 4.48. The van der Waals surface area contributed by atoms with E-state index in [9.17, 15) is 9.18 Å². The van der Waals surface area contributed by atoms with Gasteiger partial charge in [-0.25, -0.2) is 4.39 Å². The first-order valence-electron chi connectivity index (χ1n) is 6.22. The number of anilines is 1. The zero-order chi connectivity index (χ0) is 13.5. The van der Waals surface area contributed by atoms with E-state index in [-0.39, 0.29) is 5.82 Å². The average Bonchev–Trinajstić information content (AvgIpc) is 2.33. The molecule has 0 N–H and O–H groups in total. The van der Waals surface area contributed by atoms with Crippen molar-refractivity contribution in [2.45, 2.75) is 13.3 Å². The maximum atomic E-state index is 13.4. The molecule has 0 aliphatic rings.